The van der Waals surface area contributed by atoms with Crippen molar-refractivity contribution in [2.45, 2.75) is 39.0 Å². The van der Waals surface area contributed by atoms with Crippen LogP contribution in [0.4, 0.5) is 5.69 Å². The third-order valence-corrected chi connectivity index (χ3v) is 5.07. The summed E-state index contributed by atoms with van der Waals surface area (Å²) in [5.74, 6) is 1.83. The Hall–Kier alpha value is -3.00. The maximum Gasteiger partial charge on any atom is 0.248 e. The largest absolute Gasteiger partial charge is 0.421 e. The van der Waals surface area contributed by atoms with Crippen LogP contribution in [0.1, 0.15) is 37.9 Å². The van der Waals surface area contributed by atoms with Gasteiger partial charge in [-0.1, -0.05) is 13.3 Å². The highest BCUT2D eigenvalue weighted by Crippen LogP contribution is 2.21. The van der Waals surface area contributed by atoms with Gasteiger partial charge in [0.2, 0.25) is 17.7 Å². The summed E-state index contributed by atoms with van der Waals surface area (Å²) in [6, 6.07) is 7.62. The van der Waals surface area contributed by atoms with Gasteiger partial charge in [-0.15, -0.1) is 10.2 Å². The van der Waals surface area contributed by atoms with Crippen LogP contribution >= 0.6 is 11.3 Å². The summed E-state index contributed by atoms with van der Waals surface area (Å²) < 4.78 is 5.61. The van der Waals surface area contributed by atoms with E-state index >= 15 is 0 Å². The van der Waals surface area contributed by atoms with Crippen molar-refractivity contribution in [3.63, 3.8) is 0 Å². The third kappa shape index (κ3) is 4.28. The first-order valence-corrected chi connectivity index (χ1v) is 10.3. The molecule has 4 aromatic rings. The predicted octanol–water partition coefficient (Wildman–Crippen LogP) is 4.59. The lowest BCUT2D eigenvalue weighted by Crippen LogP contribution is -2.12. The van der Waals surface area contributed by atoms with E-state index in [0.717, 1.165) is 47.4 Å². The van der Waals surface area contributed by atoms with Crippen LogP contribution in [0, 0.1) is 0 Å². The average molecular weight is 395 g/mol. The van der Waals surface area contributed by atoms with Gasteiger partial charge in [-0.25, -0.2) is 4.98 Å². The van der Waals surface area contributed by atoms with Gasteiger partial charge in [0.15, 0.2) is 0 Å². The second-order valence-corrected chi connectivity index (χ2v) is 7.36. The number of carbonyl (C=O) groups is 1. The highest BCUT2D eigenvalue weighted by Gasteiger charge is 2.11. The van der Waals surface area contributed by atoms with Crippen LogP contribution in [0.2, 0.25) is 0 Å². The van der Waals surface area contributed by atoms with Gasteiger partial charge in [0.25, 0.3) is 0 Å². The third-order valence-electron chi connectivity index (χ3n) is 4.38. The smallest absolute Gasteiger partial charge is 0.248 e. The lowest BCUT2D eigenvalue weighted by Gasteiger charge is -2.04. The second-order valence-electron chi connectivity index (χ2n) is 6.58. The van der Waals surface area contributed by atoms with Gasteiger partial charge in [-0.3, -0.25) is 4.79 Å². The lowest BCUT2D eigenvalue weighted by atomic mass is 10.2. The highest BCUT2D eigenvalue weighted by molar-refractivity contribution is 7.08. The minimum Gasteiger partial charge on any atom is -0.421 e. The molecule has 0 spiro atoms. The van der Waals surface area contributed by atoms with Gasteiger partial charge < -0.3 is 14.7 Å². The SMILES string of the molecule is CCCCc1nc2ccc(NC(=O)CCc3nnc(-c4ccsc4)o3)cc2[nH]1. The maximum absolute atomic E-state index is 12.3. The number of aromatic amines is 1. The van der Waals surface area contributed by atoms with Crippen LogP contribution in [0.25, 0.3) is 22.5 Å². The predicted molar refractivity (Wildman–Crippen MR) is 109 cm³/mol. The quantitative estimate of drug-likeness (QED) is 0.455. The monoisotopic (exact) mass is 395 g/mol. The van der Waals surface area contributed by atoms with Crippen molar-refractivity contribution in [3.8, 4) is 11.5 Å². The van der Waals surface area contributed by atoms with E-state index in [2.05, 4.69) is 32.4 Å². The number of nitrogens with zero attached hydrogens (tertiary/aromatic N) is 3. The Kier molecular flexibility index (Phi) is 5.48. The molecule has 4 rings (SSSR count). The summed E-state index contributed by atoms with van der Waals surface area (Å²) in [6.07, 6.45) is 3.84. The number of carbonyl (C=O) groups excluding carboxylic acids is 1. The molecular formula is C20H21N5O2S. The summed E-state index contributed by atoms with van der Waals surface area (Å²) in [4.78, 5) is 20.2. The number of thiophene rings is 1. The van der Waals surface area contributed by atoms with Crippen LogP contribution in [0.5, 0.6) is 0 Å². The molecule has 0 aliphatic rings. The van der Waals surface area contributed by atoms with Crippen molar-refractivity contribution in [3.05, 3.63) is 46.7 Å². The Labute approximate surface area is 166 Å². The number of aryl methyl sites for hydroxylation is 2. The van der Waals surface area contributed by atoms with E-state index < -0.39 is 0 Å². The molecule has 0 unspecified atom stereocenters. The number of imidazole rings is 1. The molecule has 0 bridgehead atoms. The van der Waals surface area contributed by atoms with Crippen molar-refractivity contribution in [1.29, 1.82) is 0 Å². The number of rotatable bonds is 8. The summed E-state index contributed by atoms with van der Waals surface area (Å²) in [7, 11) is 0. The molecule has 0 atom stereocenters. The van der Waals surface area contributed by atoms with E-state index in [9.17, 15) is 4.79 Å². The first kappa shape index (κ1) is 18.4. The maximum atomic E-state index is 12.3. The zero-order chi connectivity index (χ0) is 19.3. The van der Waals surface area contributed by atoms with Crippen molar-refractivity contribution < 1.29 is 9.21 Å². The number of hydrogen-bond donors (Lipinski definition) is 2. The molecule has 0 fully saturated rings. The standard InChI is InChI=1S/C20H21N5O2S/c1-2-3-4-17-22-15-6-5-14(11-16(15)23-17)21-18(26)7-8-19-24-25-20(27-19)13-9-10-28-12-13/h5-6,9-12H,2-4,7-8H2,1H3,(H,21,26)(H,22,23). The zero-order valence-corrected chi connectivity index (χ0v) is 16.4. The molecule has 0 saturated carbocycles. The topological polar surface area (TPSA) is 96.7 Å². The number of hydrogen-bond acceptors (Lipinski definition) is 6. The Morgan fingerprint density at radius 2 is 2.18 bits per heavy atom. The molecule has 8 heteroatoms. The molecule has 0 aliphatic heterocycles. The zero-order valence-electron chi connectivity index (χ0n) is 15.6. The Balaban J connectivity index is 1.34. The molecule has 3 aromatic heterocycles. The Bertz CT molecular complexity index is 1070. The molecule has 3 heterocycles. The molecule has 0 radical (unpaired) electrons. The summed E-state index contributed by atoms with van der Waals surface area (Å²) >= 11 is 1.57. The number of amides is 1. The molecule has 0 saturated heterocycles. The van der Waals surface area contributed by atoms with Gasteiger partial charge >= 0.3 is 0 Å². The van der Waals surface area contributed by atoms with Gasteiger partial charge in [-0.2, -0.15) is 11.3 Å². The Morgan fingerprint density at radius 3 is 3.00 bits per heavy atom. The van der Waals surface area contributed by atoms with E-state index in [0.29, 0.717) is 18.2 Å². The van der Waals surface area contributed by atoms with Crippen molar-refractivity contribution >= 4 is 34.0 Å². The second kappa shape index (κ2) is 8.35. The first-order valence-electron chi connectivity index (χ1n) is 9.34. The van der Waals surface area contributed by atoms with Crippen molar-refractivity contribution in [2.75, 3.05) is 5.32 Å². The van der Waals surface area contributed by atoms with Crippen LogP contribution in [-0.4, -0.2) is 26.1 Å². The molecule has 7 nitrogen and oxygen atoms in total. The van der Waals surface area contributed by atoms with E-state index in [1.54, 1.807) is 11.3 Å². The van der Waals surface area contributed by atoms with E-state index in [4.69, 9.17) is 4.42 Å². The first-order chi connectivity index (χ1) is 13.7. The summed E-state index contributed by atoms with van der Waals surface area (Å²) in [5.41, 5.74) is 3.49. The fourth-order valence-corrected chi connectivity index (χ4v) is 3.53. The Morgan fingerprint density at radius 1 is 1.25 bits per heavy atom. The summed E-state index contributed by atoms with van der Waals surface area (Å²) in [6.45, 7) is 2.16. The number of nitrogens with one attached hydrogen (secondary N) is 2. The molecule has 2 N–H and O–H groups in total. The lowest BCUT2D eigenvalue weighted by molar-refractivity contribution is -0.116. The molecule has 28 heavy (non-hydrogen) atoms. The minimum absolute atomic E-state index is 0.0969. The number of H-pyrrole nitrogens is 1. The molecule has 1 aromatic carbocycles. The van der Waals surface area contributed by atoms with Crippen LogP contribution in [-0.2, 0) is 17.6 Å². The number of benzene rings is 1. The van der Waals surface area contributed by atoms with Crippen LogP contribution in [0.3, 0.4) is 0 Å². The molecular weight excluding hydrogens is 374 g/mol. The number of anilines is 1. The number of unbranched alkanes of at least 4 members (excludes halogenated alkanes) is 1. The van der Waals surface area contributed by atoms with E-state index in [1.807, 2.05) is 35.0 Å². The molecule has 1 amide bonds. The average Bonchev–Trinajstić information content (AvgIpc) is 3.44. The van der Waals surface area contributed by atoms with Crippen molar-refractivity contribution in [1.82, 2.24) is 20.2 Å². The fourth-order valence-electron chi connectivity index (χ4n) is 2.90. The van der Waals surface area contributed by atoms with E-state index in [-0.39, 0.29) is 12.3 Å². The van der Waals surface area contributed by atoms with Gasteiger partial charge in [0, 0.05) is 35.9 Å². The van der Waals surface area contributed by atoms with Gasteiger partial charge in [0.1, 0.15) is 5.82 Å². The van der Waals surface area contributed by atoms with E-state index in [1.165, 1.54) is 0 Å². The van der Waals surface area contributed by atoms with Crippen LogP contribution < -0.4 is 5.32 Å². The normalized spacial score (nSPS) is 11.2. The molecule has 0 aliphatic carbocycles. The number of aromatic nitrogens is 4. The van der Waals surface area contributed by atoms with Gasteiger partial charge in [0.05, 0.1) is 11.0 Å². The summed E-state index contributed by atoms with van der Waals surface area (Å²) in [5, 5.41) is 14.9. The van der Waals surface area contributed by atoms with Crippen molar-refractivity contribution in [2.24, 2.45) is 0 Å². The van der Waals surface area contributed by atoms with Crippen LogP contribution in [0.15, 0.2) is 39.4 Å². The molecule has 144 valence electrons. The highest BCUT2D eigenvalue weighted by atomic mass is 32.1. The minimum atomic E-state index is -0.0969. The van der Waals surface area contributed by atoms with Gasteiger partial charge in [-0.05, 0) is 36.1 Å². The number of fused-ring (bicyclic) bond motifs is 1. The fraction of sp³-hybridized carbons (Fsp3) is 0.300.